The minimum atomic E-state index is -0.739. The number of nitrogens with zero attached hydrogens (tertiary/aromatic N) is 2. The number of unbranched alkanes of at least 4 members (excludes halogenated alkanes) is 1. The molecule has 0 spiro atoms. The molecule has 1 aliphatic carbocycles. The molecule has 0 aliphatic heterocycles. The lowest BCUT2D eigenvalue weighted by molar-refractivity contribution is -0.138. The van der Waals surface area contributed by atoms with Crippen LogP contribution >= 0.6 is 11.3 Å². The fourth-order valence-corrected chi connectivity index (χ4v) is 3.23. The molecular formula is C12H18N2O2S. The Bertz CT molecular complexity index is 417. The molecule has 1 aliphatic rings. The standard InChI is InChI=1S/C12H18N2O2S/c1-3-4-7-14(2)12-13-10-8(11(15)16)5-6-9(10)17-12/h8H,3-7H2,1-2H3,(H,15,16). The predicted molar refractivity (Wildman–Crippen MR) is 69.0 cm³/mol. The quantitative estimate of drug-likeness (QED) is 0.877. The van der Waals surface area contributed by atoms with Gasteiger partial charge >= 0.3 is 5.97 Å². The van der Waals surface area contributed by atoms with E-state index in [1.807, 2.05) is 7.05 Å². The minimum absolute atomic E-state index is 0.380. The zero-order chi connectivity index (χ0) is 12.4. The summed E-state index contributed by atoms with van der Waals surface area (Å²) in [5.74, 6) is -1.12. The summed E-state index contributed by atoms with van der Waals surface area (Å²) in [7, 11) is 2.03. The van der Waals surface area contributed by atoms with Crippen LogP contribution in [0, 0.1) is 0 Å². The van der Waals surface area contributed by atoms with Gasteiger partial charge in [0.25, 0.3) is 0 Å². The van der Waals surface area contributed by atoms with Gasteiger partial charge in [-0.1, -0.05) is 13.3 Å². The molecule has 4 nitrogen and oxygen atoms in total. The maximum Gasteiger partial charge on any atom is 0.312 e. The lowest BCUT2D eigenvalue weighted by Crippen LogP contribution is -2.18. The highest BCUT2D eigenvalue weighted by Crippen LogP contribution is 2.39. The highest BCUT2D eigenvalue weighted by atomic mass is 32.1. The average Bonchev–Trinajstić information content (AvgIpc) is 2.83. The van der Waals surface area contributed by atoms with Crippen LogP contribution in [0.4, 0.5) is 5.13 Å². The van der Waals surface area contributed by atoms with Crippen LogP contribution in [-0.2, 0) is 11.2 Å². The van der Waals surface area contributed by atoms with E-state index >= 15 is 0 Å². The van der Waals surface area contributed by atoms with Crippen molar-refractivity contribution in [3.8, 4) is 0 Å². The number of anilines is 1. The predicted octanol–water partition coefficient (Wildman–Crippen LogP) is 2.49. The minimum Gasteiger partial charge on any atom is -0.481 e. The molecular weight excluding hydrogens is 236 g/mol. The summed E-state index contributed by atoms with van der Waals surface area (Å²) in [4.78, 5) is 18.9. The molecule has 1 aromatic heterocycles. The van der Waals surface area contributed by atoms with Crippen LogP contribution in [0.1, 0.15) is 42.7 Å². The van der Waals surface area contributed by atoms with Gasteiger partial charge in [0, 0.05) is 18.5 Å². The Morgan fingerprint density at radius 3 is 3.06 bits per heavy atom. The average molecular weight is 254 g/mol. The molecule has 1 unspecified atom stereocenters. The van der Waals surface area contributed by atoms with Gasteiger partial charge in [0.05, 0.1) is 5.69 Å². The molecule has 0 fully saturated rings. The molecule has 0 radical (unpaired) electrons. The van der Waals surface area contributed by atoms with Gasteiger partial charge in [-0.2, -0.15) is 0 Å². The normalized spacial score (nSPS) is 18.1. The van der Waals surface area contributed by atoms with Crippen LogP contribution in [0.2, 0.25) is 0 Å². The Kier molecular flexibility index (Phi) is 3.66. The van der Waals surface area contributed by atoms with Crippen molar-refractivity contribution in [1.29, 1.82) is 0 Å². The maximum atomic E-state index is 11.1. The Morgan fingerprint density at radius 2 is 2.41 bits per heavy atom. The number of fused-ring (bicyclic) bond motifs is 1. The maximum absolute atomic E-state index is 11.1. The summed E-state index contributed by atoms with van der Waals surface area (Å²) in [6, 6.07) is 0. The number of carbonyl (C=O) groups is 1. The van der Waals surface area contributed by atoms with Gasteiger partial charge in [-0.3, -0.25) is 4.79 Å². The number of thiazole rings is 1. The summed E-state index contributed by atoms with van der Waals surface area (Å²) in [5.41, 5.74) is 0.806. The second-order valence-electron chi connectivity index (χ2n) is 4.51. The molecule has 1 atom stereocenters. The molecule has 0 bridgehead atoms. The smallest absolute Gasteiger partial charge is 0.312 e. The van der Waals surface area contributed by atoms with Crippen LogP contribution in [0.3, 0.4) is 0 Å². The van der Waals surface area contributed by atoms with Crippen LogP contribution in [-0.4, -0.2) is 29.7 Å². The van der Waals surface area contributed by atoms with Crippen molar-refractivity contribution in [2.45, 2.75) is 38.5 Å². The number of hydrogen-bond donors (Lipinski definition) is 1. The third-order valence-corrected chi connectivity index (χ3v) is 4.42. The van der Waals surface area contributed by atoms with Crippen LogP contribution in [0.15, 0.2) is 0 Å². The summed E-state index contributed by atoms with van der Waals surface area (Å²) >= 11 is 1.65. The van der Waals surface area contributed by atoms with Crippen molar-refractivity contribution in [3.63, 3.8) is 0 Å². The van der Waals surface area contributed by atoms with E-state index in [0.29, 0.717) is 6.42 Å². The van der Waals surface area contributed by atoms with Gasteiger partial charge < -0.3 is 10.0 Å². The second-order valence-corrected chi connectivity index (χ2v) is 5.57. The molecule has 1 N–H and O–H groups in total. The van der Waals surface area contributed by atoms with Crippen molar-refractivity contribution in [2.75, 3.05) is 18.5 Å². The van der Waals surface area contributed by atoms with Crippen LogP contribution < -0.4 is 4.90 Å². The number of rotatable bonds is 5. The van der Waals surface area contributed by atoms with Crippen LogP contribution in [0.5, 0.6) is 0 Å². The Morgan fingerprint density at radius 1 is 1.65 bits per heavy atom. The highest BCUT2D eigenvalue weighted by molar-refractivity contribution is 7.15. The highest BCUT2D eigenvalue weighted by Gasteiger charge is 2.32. The summed E-state index contributed by atoms with van der Waals surface area (Å²) in [5, 5.41) is 10.1. The summed E-state index contributed by atoms with van der Waals surface area (Å²) < 4.78 is 0. The van der Waals surface area contributed by atoms with Gasteiger partial charge in [-0.05, 0) is 19.3 Å². The van der Waals surface area contributed by atoms with Gasteiger partial charge in [0.2, 0.25) is 0 Å². The summed E-state index contributed by atoms with van der Waals surface area (Å²) in [6.45, 7) is 3.15. The SMILES string of the molecule is CCCCN(C)c1nc2c(s1)CCC2C(=O)O. The van der Waals surface area contributed by atoms with Crippen molar-refractivity contribution in [3.05, 3.63) is 10.6 Å². The molecule has 1 aromatic rings. The number of aryl methyl sites for hydroxylation is 1. The molecule has 2 rings (SSSR count). The number of aromatic nitrogens is 1. The second kappa shape index (κ2) is 5.04. The van der Waals surface area contributed by atoms with Crippen molar-refractivity contribution < 1.29 is 9.90 Å². The zero-order valence-electron chi connectivity index (χ0n) is 10.3. The Balaban J connectivity index is 2.13. The van der Waals surface area contributed by atoms with Gasteiger partial charge in [-0.15, -0.1) is 11.3 Å². The number of carboxylic acid groups (broad SMARTS) is 1. The lowest BCUT2D eigenvalue weighted by atomic mass is 10.1. The Labute approximate surface area is 105 Å². The van der Waals surface area contributed by atoms with Crippen LogP contribution in [0.25, 0.3) is 0 Å². The van der Waals surface area contributed by atoms with E-state index in [0.717, 1.165) is 41.5 Å². The number of hydrogen-bond acceptors (Lipinski definition) is 4. The van der Waals surface area contributed by atoms with E-state index in [9.17, 15) is 4.79 Å². The van der Waals surface area contributed by atoms with Crippen molar-refractivity contribution >= 4 is 22.4 Å². The first-order chi connectivity index (χ1) is 8.13. The van der Waals surface area contributed by atoms with Gasteiger partial charge in [0.1, 0.15) is 5.92 Å². The molecule has 0 saturated heterocycles. The first-order valence-electron chi connectivity index (χ1n) is 6.07. The third-order valence-electron chi connectivity index (χ3n) is 3.18. The number of aliphatic carboxylic acids is 1. The molecule has 0 aromatic carbocycles. The molecule has 17 heavy (non-hydrogen) atoms. The fraction of sp³-hybridized carbons (Fsp3) is 0.667. The first-order valence-corrected chi connectivity index (χ1v) is 6.88. The fourth-order valence-electron chi connectivity index (χ4n) is 2.11. The van der Waals surface area contributed by atoms with E-state index in [4.69, 9.17) is 5.11 Å². The number of carboxylic acids is 1. The van der Waals surface area contributed by atoms with Crippen molar-refractivity contribution in [1.82, 2.24) is 4.98 Å². The first kappa shape index (κ1) is 12.4. The largest absolute Gasteiger partial charge is 0.481 e. The molecule has 94 valence electrons. The summed E-state index contributed by atoms with van der Waals surface area (Å²) in [6.07, 6.45) is 3.88. The Hall–Kier alpha value is -1.10. The molecule has 1 heterocycles. The van der Waals surface area contributed by atoms with Gasteiger partial charge in [-0.25, -0.2) is 4.98 Å². The topological polar surface area (TPSA) is 53.4 Å². The van der Waals surface area contributed by atoms with E-state index < -0.39 is 5.97 Å². The van der Waals surface area contributed by atoms with E-state index in [1.54, 1.807) is 11.3 Å². The van der Waals surface area contributed by atoms with E-state index in [1.165, 1.54) is 0 Å². The molecule has 0 saturated carbocycles. The van der Waals surface area contributed by atoms with E-state index in [-0.39, 0.29) is 5.92 Å². The third kappa shape index (κ3) is 2.44. The molecule has 0 amide bonds. The zero-order valence-corrected chi connectivity index (χ0v) is 11.1. The molecule has 5 heteroatoms. The van der Waals surface area contributed by atoms with Crippen molar-refractivity contribution in [2.24, 2.45) is 0 Å². The van der Waals surface area contributed by atoms with E-state index in [2.05, 4.69) is 16.8 Å². The monoisotopic (exact) mass is 254 g/mol. The van der Waals surface area contributed by atoms with Gasteiger partial charge in [0.15, 0.2) is 5.13 Å². The lowest BCUT2D eigenvalue weighted by Gasteiger charge is -2.15.